The number of esters is 1. The Morgan fingerprint density at radius 3 is 2.19 bits per heavy atom. The van der Waals surface area contributed by atoms with E-state index in [1.807, 2.05) is 0 Å². The van der Waals surface area contributed by atoms with Crippen molar-refractivity contribution < 1.29 is 44.3 Å². The molecule has 0 heterocycles. The highest BCUT2D eigenvalue weighted by atomic mass is 16.5. The second-order valence-corrected chi connectivity index (χ2v) is 4.09. The third-order valence-corrected chi connectivity index (χ3v) is 2.84. The van der Waals surface area contributed by atoms with Crippen LogP contribution in [0.25, 0.3) is 0 Å². The van der Waals surface area contributed by atoms with Gasteiger partial charge in [0.15, 0.2) is 5.60 Å². The van der Waals surface area contributed by atoms with Crippen molar-refractivity contribution in [2.45, 2.75) is 12.5 Å². The molecule has 4 N–H and O–H groups in total. The van der Waals surface area contributed by atoms with Crippen LogP contribution in [0, 0.1) is 5.92 Å². The first kappa shape index (κ1) is 16.4. The van der Waals surface area contributed by atoms with Crippen molar-refractivity contribution in [3.8, 4) is 0 Å². The average molecular weight is 300 g/mol. The molecule has 21 heavy (non-hydrogen) atoms. The maximum Gasteiger partial charge on any atom is 0.341 e. The van der Waals surface area contributed by atoms with Crippen LogP contribution >= 0.6 is 0 Å². The minimum atomic E-state index is -2.98. The third kappa shape index (κ3) is 2.77. The van der Waals surface area contributed by atoms with Crippen molar-refractivity contribution in [1.29, 1.82) is 0 Å². The number of carbonyl (C=O) groups excluding carboxylic acids is 1. The molecule has 0 amide bonds. The highest BCUT2D eigenvalue weighted by Gasteiger charge is 2.53. The summed E-state index contributed by atoms with van der Waals surface area (Å²) in [4.78, 5) is 45.2. The van der Waals surface area contributed by atoms with E-state index >= 15 is 0 Å². The summed E-state index contributed by atoms with van der Waals surface area (Å²) in [5.41, 5.74) is -4.65. The van der Waals surface area contributed by atoms with Gasteiger partial charge in [0.05, 0.1) is 17.8 Å². The number of carboxylic acids is 3. The topological polar surface area (TPSA) is 158 Å². The van der Waals surface area contributed by atoms with Crippen LogP contribution in [-0.4, -0.2) is 56.5 Å². The largest absolute Gasteiger partial charge is 0.481 e. The van der Waals surface area contributed by atoms with Crippen LogP contribution in [0.2, 0.25) is 0 Å². The summed E-state index contributed by atoms with van der Waals surface area (Å²) < 4.78 is 4.59. The monoisotopic (exact) mass is 300 g/mol. The molecule has 9 nitrogen and oxygen atoms in total. The van der Waals surface area contributed by atoms with Gasteiger partial charge in [-0.25, -0.2) is 14.4 Å². The summed E-state index contributed by atoms with van der Waals surface area (Å²) in [5.74, 6) is -9.16. The standard InChI is InChI=1S/C12H12O9/c1-2-21-10(17)5-3-4-12(20,11(18)19)7(9(15)16)6(5)8(13)14/h3-4,7,20H,2H2,1H3,(H,13,14)(H,15,16)(H,18,19). The number of hydrogen-bond acceptors (Lipinski definition) is 6. The van der Waals surface area contributed by atoms with Crippen LogP contribution in [0.5, 0.6) is 0 Å². The van der Waals surface area contributed by atoms with Gasteiger partial charge in [-0.3, -0.25) is 4.79 Å². The molecular formula is C12H12O9. The van der Waals surface area contributed by atoms with Crippen LogP contribution < -0.4 is 0 Å². The molecule has 0 radical (unpaired) electrons. The Balaban J connectivity index is 3.56. The maximum atomic E-state index is 11.6. The second kappa shape index (κ2) is 5.75. The molecule has 1 aliphatic carbocycles. The number of aliphatic carboxylic acids is 3. The average Bonchev–Trinajstić information content (AvgIpc) is 2.37. The van der Waals surface area contributed by atoms with Gasteiger partial charge in [0.2, 0.25) is 0 Å². The molecule has 0 fully saturated rings. The Hall–Kier alpha value is -2.68. The molecule has 0 bridgehead atoms. The number of aliphatic hydroxyl groups is 1. The Kier molecular flexibility index (Phi) is 4.48. The van der Waals surface area contributed by atoms with E-state index in [0.717, 1.165) is 6.08 Å². The van der Waals surface area contributed by atoms with Gasteiger partial charge in [0.1, 0.15) is 5.92 Å². The van der Waals surface area contributed by atoms with Crippen LogP contribution in [-0.2, 0) is 23.9 Å². The SMILES string of the molecule is CCOC(=O)C1=C(C(=O)O)C(C(=O)O)C(O)(C(=O)O)C=C1. The van der Waals surface area contributed by atoms with E-state index in [1.165, 1.54) is 6.92 Å². The normalized spacial score (nSPS) is 24.6. The number of hydrogen-bond donors (Lipinski definition) is 4. The van der Waals surface area contributed by atoms with Crippen LogP contribution in [0.3, 0.4) is 0 Å². The quantitative estimate of drug-likeness (QED) is 0.468. The van der Waals surface area contributed by atoms with Crippen LogP contribution in [0.4, 0.5) is 0 Å². The molecule has 0 aromatic rings. The number of carbonyl (C=O) groups is 4. The Morgan fingerprint density at radius 1 is 1.24 bits per heavy atom. The molecule has 2 atom stereocenters. The molecule has 0 spiro atoms. The maximum absolute atomic E-state index is 11.6. The highest BCUT2D eigenvalue weighted by molar-refractivity contribution is 6.08. The Bertz CT molecular complexity index is 571. The fourth-order valence-electron chi connectivity index (χ4n) is 1.90. The van der Waals surface area contributed by atoms with Gasteiger partial charge in [-0.1, -0.05) is 0 Å². The summed E-state index contributed by atoms with van der Waals surface area (Å²) in [6.45, 7) is 1.36. The summed E-state index contributed by atoms with van der Waals surface area (Å²) in [6, 6.07) is 0. The molecule has 0 saturated carbocycles. The summed E-state index contributed by atoms with van der Waals surface area (Å²) >= 11 is 0. The van der Waals surface area contributed by atoms with E-state index in [-0.39, 0.29) is 6.61 Å². The molecule has 1 aliphatic rings. The lowest BCUT2D eigenvalue weighted by molar-refractivity contribution is -0.167. The number of rotatable bonds is 5. The first-order valence-electron chi connectivity index (χ1n) is 5.69. The van der Waals surface area contributed by atoms with E-state index < -0.39 is 46.5 Å². The molecule has 9 heteroatoms. The molecule has 0 saturated heterocycles. The molecule has 0 aliphatic heterocycles. The van der Waals surface area contributed by atoms with Crippen LogP contribution in [0.1, 0.15) is 6.92 Å². The predicted octanol–water partition coefficient (Wildman–Crippen LogP) is -0.983. The molecule has 1 rings (SSSR count). The number of carboxylic acid groups (broad SMARTS) is 3. The molecule has 114 valence electrons. The third-order valence-electron chi connectivity index (χ3n) is 2.84. The lowest BCUT2D eigenvalue weighted by Crippen LogP contribution is -2.51. The van der Waals surface area contributed by atoms with E-state index in [1.54, 1.807) is 0 Å². The Labute approximate surface area is 117 Å². The molecule has 2 unspecified atom stereocenters. The fraction of sp³-hybridized carbons (Fsp3) is 0.333. The lowest BCUT2D eigenvalue weighted by atomic mass is 9.75. The fourth-order valence-corrected chi connectivity index (χ4v) is 1.90. The zero-order valence-corrected chi connectivity index (χ0v) is 10.8. The second-order valence-electron chi connectivity index (χ2n) is 4.09. The van der Waals surface area contributed by atoms with Crippen molar-refractivity contribution >= 4 is 23.9 Å². The lowest BCUT2D eigenvalue weighted by Gasteiger charge is -2.30. The van der Waals surface area contributed by atoms with Crippen molar-refractivity contribution in [2.75, 3.05) is 6.61 Å². The number of ether oxygens (including phenoxy) is 1. The predicted molar refractivity (Wildman–Crippen MR) is 64.1 cm³/mol. The van der Waals surface area contributed by atoms with Crippen molar-refractivity contribution in [3.63, 3.8) is 0 Å². The van der Waals surface area contributed by atoms with E-state index in [4.69, 9.17) is 15.3 Å². The summed E-state index contributed by atoms with van der Waals surface area (Å²) in [5, 5.41) is 37.0. The van der Waals surface area contributed by atoms with Crippen molar-refractivity contribution in [2.24, 2.45) is 5.92 Å². The van der Waals surface area contributed by atoms with Gasteiger partial charge >= 0.3 is 23.9 Å². The highest BCUT2D eigenvalue weighted by Crippen LogP contribution is 2.35. The minimum absolute atomic E-state index is 0.0932. The Morgan fingerprint density at radius 2 is 1.81 bits per heavy atom. The van der Waals surface area contributed by atoms with Crippen molar-refractivity contribution in [3.05, 3.63) is 23.3 Å². The minimum Gasteiger partial charge on any atom is -0.481 e. The van der Waals surface area contributed by atoms with Crippen LogP contribution in [0.15, 0.2) is 23.3 Å². The first-order valence-corrected chi connectivity index (χ1v) is 5.69. The van der Waals surface area contributed by atoms with E-state index in [0.29, 0.717) is 6.08 Å². The summed E-state index contributed by atoms with van der Waals surface area (Å²) in [6.07, 6.45) is 1.28. The van der Waals surface area contributed by atoms with Gasteiger partial charge in [-0.2, -0.15) is 0 Å². The zero-order valence-electron chi connectivity index (χ0n) is 10.8. The molecule has 0 aromatic carbocycles. The molecular weight excluding hydrogens is 288 g/mol. The van der Waals surface area contributed by atoms with Gasteiger partial charge in [0, 0.05) is 0 Å². The smallest absolute Gasteiger partial charge is 0.341 e. The van der Waals surface area contributed by atoms with Crippen molar-refractivity contribution in [1.82, 2.24) is 0 Å². The van der Waals surface area contributed by atoms with Gasteiger partial charge in [-0.15, -0.1) is 0 Å². The van der Waals surface area contributed by atoms with E-state index in [2.05, 4.69) is 4.74 Å². The van der Waals surface area contributed by atoms with Gasteiger partial charge < -0.3 is 25.2 Å². The molecule has 0 aromatic heterocycles. The van der Waals surface area contributed by atoms with Gasteiger partial charge in [0.25, 0.3) is 0 Å². The summed E-state index contributed by atoms with van der Waals surface area (Å²) in [7, 11) is 0. The first-order chi connectivity index (χ1) is 9.66. The zero-order chi connectivity index (χ0) is 16.4. The van der Waals surface area contributed by atoms with E-state index in [9.17, 15) is 24.3 Å². The van der Waals surface area contributed by atoms with Gasteiger partial charge in [-0.05, 0) is 19.1 Å².